The minimum absolute atomic E-state index is 0.0181. The number of rotatable bonds is 3. The van der Waals surface area contributed by atoms with Crippen molar-refractivity contribution in [2.24, 2.45) is 5.92 Å². The Kier molecular flexibility index (Phi) is 5.75. The Morgan fingerprint density at radius 3 is 2.45 bits per heavy atom. The Hall–Kier alpha value is -1.80. The average Bonchev–Trinajstić information content (AvgIpc) is 2.72. The van der Waals surface area contributed by atoms with Crippen LogP contribution in [0.15, 0.2) is 47.4 Å². The highest BCUT2D eigenvalue weighted by molar-refractivity contribution is 7.89. The summed E-state index contributed by atoms with van der Waals surface area (Å²) in [4.78, 5) is 14.8. The molecule has 1 fully saturated rings. The van der Waals surface area contributed by atoms with E-state index in [4.69, 9.17) is 27.9 Å². The van der Waals surface area contributed by atoms with Crippen LogP contribution in [0.25, 0.3) is 0 Å². The number of ether oxygens (including phenoxy) is 1. The van der Waals surface area contributed by atoms with Crippen molar-refractivity contribution in [2.45, 2.75) is 11.3 Å². The topological polar surface area (TPSA) is 66.9 Å². The molecule has 2 aromatic rings. The van der Waals surface area contributed by atoms with Gasteiger partial charge < -0.3 is 9.64 Å². The number of amides is 1. The lowest BCUT2D eigenvalue weighted by Gasteiger charge is -2.36. The largest absolute Gasteiger partial charge is 0.492 e. The van der Waals surface area contributed by atoms with Crippen LogP contribution in [0.3, 0.4) is 0 Å². The predicted octanol–water partition coefficient (Wildman–Crippen LogP) is 3.08. The van der Waals surface area contributed by atoms with Crippen LogP contribution in [0.1, 0.15) is 5.56 Å². The van der Waals surface area contributed by atoms with Gasteiger partial charge in [0.2, 0.25) is 15.9 Å². The summed E-state index contributed by atoms with van der Waals surface area (Å²) < 4.78 is 32.8. The Balaban J connectivity index is 1.40. The van der Waals surface area contributed by atoms with Crippen LogP contribution in [0.5, 0.6) is 5.75 Å². The first-order chi connectivity index (χ1) is 13.8. The minimum atomic E-state index is -3.63. The molecule has 2 aliphatic rings. The van der Waals surface area contributed by atoms with E-state index in [2.05, 4.69) is 0 Å². The minimum Gasteiger partial charge on any atom is -0.492 e. The number of halogens is 2. The predicted molar refractivity (Wildman–Crippen MR) is 111 cm³/mol. The number of carbonyl (C=O) groups is 1. The zero-order chi connectivity index (χ0) is 20.6. The second-order valence-corrected chi connectivity index (χ2v) is 9.96. The van der Waals surface area contributed by atoms with E-state index in [1.54, 1.807) is 23.1 Å². The molecule has 2 heterocycles. The van der Waals surface area contributed by atoms with E-state index in [1.807, 2.05) is 12.1 Å². The molecular weight excluding hydrogens is 435 g/mol. The van der Waals surface area contributed by atoms with Gasteiger partial charge in [0.1, 0.15) is 12.4 Å². The Bertz CT molecular complexity index is 1040. The third-order valence-electron chi connectivity index (χ3n) is 5.26. The zero-order valence-corrected chi connectivity index (χ0v) is 17.9. The van der Waals surface area contributed by atoms with Gasteiger partial charge in [-0.05, 0) is 48.4 Å². The van der Waals surface area contributed by atoms with E-state index in [1.165, 1.54) is 16.4 Å². The van der Waals surface area contributed by atoms with Gasteiger partial charge in [-0.25, -0.2) is 8.42 Å². The standard InChI is InChI=1S/C20H20Cl2N2O4S/c21-16-2-1-3-18(12-16)29(26,27)24-8-6-23(7-9-24)20(25)15-10-14-11-17(22)4-5-19(14)28-13-15/h1-5,11-12,15H,6-10,13H2. The van der Waals surface area contributed by atoms with Crippen LogP contribution in [0.2, 0.25) is 10.0 Å². The van der Waals surface area contributed by atoms with E-state index in [9.17, 15) is 13.2 Å². The smallest absolute Gasteiger partial charge is 0.243 e. The fourth-order valence-corrected chi connectivity index (χ4v) is 5.62. The van der Waals surface area contributed by atoms with Crippen molar-refractivity contribution in [1.29, 1.82) is 0 Å². The third kappa shape index (κ3) is 4.23. The number of sulfonamides is 1. The monoisotopic (exact) mass is 454 g/mol. The molecule has 0 radical (unpaired) electrons. The molecule has 2 aliphatic heterocycles. The second kappa shape index (κ2) is 8.14. The van der Waals surface area contributed by atoms with E-state index in [0.29, 0.717) is 36.2 Å². The van der Waals surface area contributed by atoms with Crippen LogP contribution < -0.4 is 4.74 Å². The molecule has 154 valence electrons. The van der Waals surface area contributed by atoms with Crippen LogP contribution in [0.4, 0.5) is 0 Å². The molecule has 6 nitrogen and oxygen atoms in total. The maximum absolute atomic E-state index is 12.9. The summed E-state index contributed by atoms with van der Waals surface area (Å²) in [6, 6.07) is 11.6. The van der Waals surface area contributed by atoms with Crippen molar-refractivity contribution in [3.8, 4) is 5.75 Å². The summed E-state index contributed by atoms with van der Waals surface area (Å²) in [5, 5.41) is 0.984. The number of benzene rings is 2. The number of fused-ring (bicyclic) bond motifs is 1. The summed E-state index contributed by atoms with van der Waals surface area (Å²) in [5.74, 6) is 0.448. The number of hydrogen-bond donors (Lipinski definition) is 0. The summed E-state index contributed by atoms with van der Waals surface area (Å²) in [5.41, 5.74) is 0.921. The van der Waals surface area contributed by atoms with Gasteiger partial charge in [-0.1, -0.05) is 29.3 Å². The molecular formula is C20H20Cl2N2O4S. The molecule has 4 rings (SSSR count). The van der Waals surface area contributed by atoms with Crippen molar-refractivity contribution in [3.63, 3.8) is 0 Å². The van der Waals surface area contributed by atoms with Gasteiger partial charge >= 0.3 is 0 Å². The molecule has 0 aromatic heterocycles. The summed E-state index contributed by atoms with van der Waals surface area (Å²) in [7, 11) is -3.63. The quantitative estimate of drug-likeness (QED) is 0.714. The molecule has 1 amide bonds. The van der Waals surface area contributed by atoms with Gasteiger partial charge in [-0.15, -0.1) is 0 Å². The molecule has 1 atom stereocenters. The van der Waals surface area contributed by atoms with Crippen molar-refractivity contribution in [2.75, 3.05) is 32.8 Å². The summed E-state index contributed by atoms with van der Waals surface area (Å²) >= 11 is 12.0. The molecule has 0 aliphatic carbocycles. The molecule has 9 heteroatoms. The van der Waals surface area contributed by atoms with Crippen LogP contribution in [-0.4, -0.2) is 56.3 Å². The van der Waals surface area contributed by atoms with Gasteiger partial charge in [-0.3, -0.25) is 4.79 Å². The van der Waals surface area contributed by atoms with E-state index in [0.717, 1.165) is 11.3 Å². The number of nitrogens with zero attached hydrogens (tertiary/aromatic N) is 2. The number of hydrogen-bond acceptors (Lipinski definition) is 4. The summed E-state index contributed by atoms with van der Waals surface area (Å²) in [6.07, 6.45) is 0.565. The first kappa shape index (κ1) is 20.5. The average molecular weight is 455 g/mol. The molecule has 0 spiro atoms. The lowest BCUT2D eigenvalue weighted by molar-refractivity contribution is -0.138. The zero-order valence-electron chi connectivity index (χ0n) is 15.6. The van der Waals surface area contributed by atoms with Crippen molar-refractivity contribution >= 4 is 39.1 Å². The highest BCUT2D eigenvalue weighted by atomic mass is 35.5. The van der Waals surface area contributed by atoms with Crippen molar-refractivity contribution in [1.82, 2.24) is 9.21 Å². The lowest BCUT2D eigenvalue weighted by atomic mass is 9.95. The highest BCUT2D eigenvalue weighted by Crippen LogP contribution is 2.31. The summed E-state index contributed by atoms with van der Waals surface area (Å²) in [6.45, 7) is 1.50. The van der Waals surface area contributed by atoms with Gasteiger partial charge in [0, 0.05) is 36.2 Å². The molecule has 1 saturated heterocycles. The molecule has 29 heavy (non-hydrogen) atoms. The Morgan fingerprint density at radius 1 is 1.00 bits per heavy atom. The molecule has 0 bridgehead atoms. The SMILES string of the molecule is O=C(C1COc2ccc(Cl)cc2C1)N1CCN(S(=O)(=O)c2cccc(Cl)c2)CC1. The van der Waals surface area contributed by atoms with E-state index in [-0.39, 0.29) is 29.8 Å². The number of carbonyl (C=O) groups excluding carboxylic acids is 1. The second-order valence-electron chi connectivity index (χ2n) is 7.15. The van der Waals surface area contributed by atoms with Gasteiger partial charge in [0.15, 0.2) is 0 Å². The number of piperazine rings is 1. The van der Waals surface area contributed by atoms with Gasteiger partial charge in [0.25, 0.3) is 0 Å². The maximum atomic E-state index is 12.9. The van der Waals surface area contributed by atoms with Gasteiger partial charge in [-0.2, -0.15) is 4.31 Å². The van der Waals surface area contributed by atoms with Crippen LogP contribution in [0, 0.1) is 5.92 Å². The van der Waals surface area contributed by atoms with Crippen molar-refractivity contribution in [3.05, 3.63) is 58.1 Å². The Labute approximate surface area is 180 Å². The molecule has 1 unspecified atom stereocenters. The maximum Gasteiger partial charge on any atom is 0.243 e. The lowest BCUT2D eigenvalue weighted by Crippen LogP contribution is -2.52. The van der Waals surface area contributed by atoms with Crippen LogP contribution >= 0.6 is 23.2 Å². The molecule has 0 saturated carbocycles. The Morgan fingerprint density at radius 2 is 1.72 bits per heavy atom. The normalized spacial score (nSPS) is 20.1. The van der Waals surface area contributed by atoms with Gasteiger partial charge in [0.05, 0.1) is 10.8 Å². The first-order valence-corrected chi connectivity index (χ1v) is 11.5. The fraction of sp³-hybridized carbons (Fsp3) is 0.350. The molecule has 0 N–H and O–H groups in total. The third-order valence-corrected chi connectivity index (χ3v) is 7.63. The fourth-order valence-electron chi connectivity index (χ4n) is 3.71. The first-order valence-electron chi connectivity index (χ1n) is 9.30. The molecule has 2 aromatic carbocycles. The van der Waals surface area contributed by atoms with Crippen LogP contribution in [-0.2, 0) is 21.2 Å². The van der Waals surface area contributed by atoms with E-state index < -0.39 is 10.0 Å². The van der Waals surface area contributed by atoms with E-state index >= 15 is 0 Å². The highest BCUT2D eigenvalue weighted by Gasteiger charge is 2.34. The van der Waals surface area contributed by atoms with Crippen molar-refractivity contribution < 1.29 is 17.9 Å².